The molecule has 1 aliphatic rings. The lowest BCUT2D eigenvalue weighted by molar-refractivity contribution is -0.153. The molecule has 132 valence electrons. The number of aromatic nitrogens is 1. The summed E-state index contributed by atoms with van der Waals surface area (Å²) in [7, 11) is 0. The van der Waals surface area contributed by atoms with E-state index in [1.54, 1.807) is 11.8 Å². The molecule has 26 heavy (non-hydrogen) atoms. The quantitative estimate of drug-likeness (QED) is 0.736. The molecular formula is C21H20N2O3. The maximum atomic E-state index is 12.7. The largest absolute Gasteiger partial charge is 0.452 e. The summed E-state index contributed by atoms with van der Waals surface area (Å²) in [6, 6.07) is 15.6. The van der Waals surface area contributed by atoms with Gasteiger partial charge in [0, 0.05) is 29.3 Å². The highest BCUT2D eigenvalue weighted by Crippen LogP contribution is 2.28. The highest BCUT2D eigenvalue weighted by molar-refractivity contribution is 5.99. The van der Waals surface area contributed by atoms with Crippen LogP contribution in [0.5, 0.6) is 0 Å². The Morgan fingerprint density at radius 1 is 1.15 bits per heavy atom. The molecule has 0 fully saturated rings. The van der Waals surface area contributed by atoms with E-state index in [9.17, 15) is 9.59 Å². The number of anilines is 1. The van der Waals surface area contributed by atoms with Crippen LogP contribution < -0.4 is 4.90 Å². The number of nitrogens with zero attached hydrogens (tertiary/aromatic N) is 1. The highest BCUT2D eigenvalue weighted by atomic mass is 16.5. The third kappa shape index (κ3) is 2.96. The van der Waals surface area contributed by atoms with Crippen molar-refractivity contribution < 1.29 is 14.3 Å². The standard InChI is InChI=1S/C21H20N2O3/c1-14(21(25)23-11-10-15-6-2-5-9-19(15)23)26-20(24)12-16-13-22-18-8-4-3-7-17(16)18/h2-9,13-14,22H,10-12H2,1H3. The van der Waals surface area contributed by atoms with Crippen molar-refractivity contribution >= 4 is 28.5 Å². The molecule has 0 aliphatic carbocycles. The minimum Gasteiger partial charge on any atom is -0.452 e. The summed E-state index contributed by atoms with van der Waals surface area (Å²) in [5.41, 5.74) is 3.92. The number of nitrogens with one attached hydrogen (secondary N) is 1. The van der Waals surface area contributed by atoms with Crippen molar-refractivity contribution in [3.63, 3.8) is 0 Å². The monoisotopic (exact) mass is 348 g/mol. The Balaban J connectivity index is 1.42. The van der Waals surface area contributed by atoms with E-state index in [1.165, 1.54) is 0 Å². The molecule has 1 unspecified atom stereocenters. The minimum absolute atomic E-state index is 0.137. The maximum Gasteiger partial charge on any atom is 0.311 e. The van der Waals surface area contributed by atoms with Gasteiger partial charge in [-0.3, -0.25) is 9.59 Å². The molecule has 1 N–H and O–H groups in total. The maximum absolute atomic E-state index is 12.7. The first-order valence-electron chi connectivity index (χ1n) is 8.77. The van der Waals surface area contributed by atoms with Gasteiger partial charge in [0.1, 0.15) is 0 Å². The third-order valence-corrected chi connectivity index (χ3v) is 4.82. The van der Waals surface area contributed by atoms with E-state index in [0.29, 0.717) is 6.54 Å². The van der Waals surface area contributed by atoms with Crippen molar-refractivity contribution in [1.82, 2.24) is 4.98 Å². The molecule has 1 atom stereocenters. The van der Waals surface area contributed by atoms with Crippen LogP contribution in [-0.4, -0.2) is 29.5 Å². The second kappa shape index (κ2) is 6.67. The molecule has 0 bridgehead atoms. The normalized spacial score (nSPS) is 14.3. The number of carbonyl (C=O) groups excluding carboxylic acids is 2. The number of hydrogen-bond donors (Lipinski definition) is 1. The number of amides is 1. The number of fused-ring (bicyclic) bond motifs is 2. The van der Waals surface area contributed by atoms with Crippen LogP contribution in [0.1, 0.15) is 18.1 Å². The van der Waals surface area contributed by atoms with Gasteiger partial charge < -0.3 is 14.6 Å². The molecule has 0 spiro atoms. The van der Waals surface area contributed by atoms with Crippen LogP contribution in [-0.2, 0) is 27.2 Å². The molecule has 4 rings (SSSR count). The van der Waals surface area contributed by atoms with Gasteiger partial charge in [-0.1, -0.05) is 36.4 Å². The van der Waals surface area contributed by atoms with Gasteiger partial charge in [0.25, 0.3) is 5.91 Å². The number of H-pyrrole nitrogens is 1. The molecule has 0 saturated heterocycles. The van der Waals surface area contributed by atoms with Crippen molar-refractivity contribution in [3.8, 4) is 0 Å². The second-order valence-electron chi connectivity index (χ2n) is 6.54. The van der Waals surface area contributed by atoms with Crippen molar-refractivity contribution in [2.75, 3.05) is 11.4 Å². The predicted octanol–water partition coefficient (Wildman–Crippen LogP) is 3.23. The zero-order valence-corrected chi connectivity index (χ0v) is 14.6. The fourth-order valence-corrected chi connectivity index (χ4v) is 3.51. The van der Waals surface area contributed by atoms with Crippen molar-refractivity contribution in [2.24, 2.45) is 0 Å². The lowest BCUT2D eigenvalue weighted by Gasteiger charge is -2.21. The number of para-hydroxylation sites is 2. The van der Waals surface area contributed by atoms with E-state index in [2.05, 4.69) is 4.98 Å². The lowest BCUT2D eigenvalue weighted by Crippen LogP contribution is -2.39. The van der Waals surface area contributed by atoms with Crippen molar-refractivity contribution in [2.45, 2.75) is 25.9 Å². The van der Waals surface area contributed by atoms with Crippen LogP contribution in [0.3, 0.4) is 0 Å². The average molecular weight is 348 g/mol. The molecule has 2 aromatic carbocycles. The van der Waals surface area contributed by atoms with E-state index < -0.39 is 12.1 Å². The summed E-state index contributed by atoms with van der Waals surface area (Å²) < 4.78 is 5.42. The van der Waals surface area contributed by atoms with Crippen LogP contribution >= 0.6 is 0 Å². The molecule has 5 nitrogen and oxygen atoms in total. The van der Waals surface area contributed by atoms with E-state index >= 15 is 0 Å². The van der Waals surface area contributed by atoms with Crippen molar-refractivity contribution in [3.05, 3.63) is 65.9 Å². The summed E-state index contributed by atoms with van der Waals surface area (Å²) in [5, 5.41) is 0.997. The van der Waals surface area contributed by atoms with E-state index in [-0.39, 0.29) is 12.3 Å². The van der Waals surface area contributed by atoms with Crippen molar-refractivity contribution in [1.29, 1.82) is 0 Å². The van der Waals surface area contributed by atoms with Gasteiger partial charge in [0.05, 0.1) is 6.42 Å². The van der Waals surface area contributed by atoms with E-state index in [0.717, 1.165) is 34.1 Å². The Labute approximate surface area is 151 Å². The Bertz CT molecular complexity index is 976. The van der Waals surface area contributed by atoms with E-state index in [1.807, 2.05) is 54.7 Å². The van der Waals surface area contributed by atoms with Gasteiger partial charge in [-0.25, -0.2) is 0 Å². The number of benzene rings is 2. The summed E-state index contributed by atoms with van der Waals surface area (Å²) in [6.07, 6.45) is 1.98. The SMILES string of the molecule is CC(OC(=O)Cc1c[nH]c2ccccc12)C(=O)N1CCc2ccccc21. The summed E-state index contributed by atoms with van der Waals surface area (Å²) in [5.74, 6) is -0.578. The zero-order valence-electron chi connectivity index (χ0n) is 14.6. The first-order valence-corrected chi connectivity index (χ1v) is 8.77. The summed E-state index contributed by atoms with van der Waals surface area (Å²) in [6.45, 7) is 2.26. The topological polar surface area (TPSA) is 62.4 Å². The lowest BCUT2D eigenvalue weighted by atomic mass is 10.1. The van der Waals surface area contributed by atoms with Gasteiger partial charge in [-0.2, -0.15) is 0 Å². The third-order valence-electron chi connectivity index (χ3n) is 4.82. The van der Waals surface area contributed by atoms with Gasteiger partial charge in [0.2, 0.25) is 0 Å². The molecule has 1 aliphatic heterocycles. The number of carbonyl (C=O) groups is 2. The number of ether oxygens (including phenoxy) is 1. The fraction of sp³-hybridized carbons (Fsp3) is 0.238. The van der Waals surface area contributed by atoms with Gasteiger partial charge in [-0.15, -0.1) is 0 Å². The number of aromatic amines is 1. The van der Waals surface area contributed by atoms with Gasteiger partial charge in [-0.05, 0) is 36.6 Å². The van der Waals surface area contributed by atoms with Gasteiger partial charge in [0.15, 0.2) is 6.10 Å². The number of rotatable bonds is 4. The molecule has 2 heterocycles. The molecule has 5 heteroatoms. The number of hydrogen-bond acceptors (Lipinski definition) is 3. The molecule has 1 amide bonds. The molecule has 0 radical (unpaired) electrons. The van der Waals surface area contributed by atoms with Crippen LogP contribution in [0, 0.1) is 0 Å². The van der Waals surface area contributed by atoms with Crippen LogP contribution in [0.2, 0.25) is 0 Å². The van der Waals surface area contributed by atoms with Crippen LogP contribution in [0.25, 0.3) is 10.9 Å². The Morgan fingerprint density at radius 3 is 2.81 bits per heavy atom. The first kappa shape index (κ1) is 16.4. The van der Waals surface area contributed by atoms with Crippen LogP contribution in [0.15, 0.2) is 54.7 Å². The Kier molecular flexibility index (Phi) is 4.21. The highest BCUT2D eigenvalue weighted by Gasteiger charge is 2.29. The Hall–Kier alpha value is -3.08. The summed E-state index contributed by atoms with van der Waals surface area (Å²) >= 11 is 0. The fourth-order valence-electron chi connectivity index (χ4n) is 3.51. The van der Waals surface area contributed by atoms with Gasteiger partial charge >= 0.3 is 5.97 Å². The first-order chi connectivity index (χ1) is 12.6. The molecule has 0 saturated carbocycles. The molecule has 3 aromatic rings. The minimum atomic E-state index is -0.807. The zero-order chi connectivity index (χ0) is 18.1. The predicted molar refractivity (Wildman–Crippen MR) is 100 cm³/mol. The molecular weight excluding hydrogens is 328 g/mol. The smallest absolute Gasteiger partial charge is 0.311 e. The average Bonchev–Trinajstić information content (AvgIpc) is 3.25. The van der Waals surface area contributed by atoms with Crippen LogP contribution in [0.4, 0.5) is 5.69 Å². The second-order valence-corrected chi connectivity index (χ2v) is 6.54. The Morgan fingerprint density at radius 2 is 1.92 bits per heavy atom. The number of esters is 1. The van der Waals surface area contributed by atoms with E-state index in [4.69, 9.17) is 4.74 Å². The summed E-state index contributed by atoms with van der Waals surface area (Å²) in [4.78, 5) is 29.9. The molecule has 1 aromatic heterocycles.